The lowest BCUT2D eigenvalue weighted by molar-refractivity contribution is 0.247. The van der Waals surface area contributed by atoms with E-state index in [4.69, 9.17) is 5.73 Å². The highest BCUT2D eigenvalue weighted by Crippen LogP contribution is 2.30. The predicted molar refractivity (Wildman–Crippen MR) is 115 cm³/mol. The first-order chi connectivity index (χ1) is 10.3. The van der Waals surface area contributed by atoms with Crippen LogP contribution in [-0.2, 0) is 12.8 Å². The van der Waals surface area contributed by atoms with Gasteiger partial charge in [0.2, 0.25) is 0 Å². The third-order valence-electron chi connectivity index (χ3n) is 4.81. The largest absolute Gasteiger partial charge is 0.369 e. The van der Waals surface area contributed by atoms with Crippen molar-refractivity contribution < 1.29 is 0 Å². The molecule has 3 rings (SSSR count). The smallest absolute Gasteiger partial charge is 0.0402 e. The number of hydrogen-bond acceptors (Lipinski definition) is 4. The Morgan fingerprint density at radius 2 is 1.67 bits per heavy atom. The van der Waals surface area contributed by atoms with Crippen molar-refractivity contribution in [1.29, 1.82) is 0 Å². The lowest BCUT2D eigenvalue weighted by Crippen LogP contribution is -2.50. The molecule has 0 amide bonds. The number of halogens is 3. The minimum Gasteiger partial charge on any atom is -0.369 e. The van der Waals surface area contributed by atoms with Crippen LogP contribution in [0.1, 0.15) is 24.0 Å². The Balaban J connectivity index is 0.00000176. The first-order valence-corrected chi connectivity index (χ1v) is 8.85. The van der Waals surface area contributed by atoms with Crippen LogP contribution in [0, 0.1) is 0 Å². The molecule has 0 saturated carbocycles. The van der Waals surface area contributed by atoms with Crippen molar-refractivity contribution in [2.75, 3.05) is 43.4 Å². The molecule has 0 spiro atoms. The van der Waals surface area contributed by atoms with Crippen molar-refractivity contribution in [3.8, 4) is 0 Å². The average molecular weight is 415 g/mol. The number of thiol groups is 1. The summed E-state index contributed by atoms with van der Waals surface area (Å²) in [6.45, 7) is 5.45. The summed E-state index contributed by atoms with van der Waals surface area (Å²) < 4.78 is 0. The van der Waals surface area contributed by atoms with Gasteiger partial charge >= 0.3 is 0 Å². The molecule has 0 unspecified atom stereocenters. The molecule has 0 aromatic heterocycles. The van der Waals surface area contributed by atoms with Crippen LogP contribution in [0.3, 0.4) is 0 Å². The second-order valence-electron chi connectivity index (χ2n) is 6.35. The van der Waals surface area contributed by atoms with Crippen LogP contribution < -0.4 is 10.6 Å². The van der Waals surface area contributed by atoms with Gasteiger partial charge in [0.1, 0.15) is 0 Å². The predicted octanol–water partition coefficient (Wildman–Crippen LogP) is 3.21. The maximum absolute atomic E-state index is 6.01. The zero-order valence-electron chi connectivity index (χ0n) is 14.0. The number of anilines is 1. The Bertz CT molecular complexity index is 482. The molecule has 1 aliphatic heterocycles. The lowest BCUT2D eigenvalue weighted by Gasteiger charge is -2.38. The van der Waals surface area contributed by atoms with Gasteiger partial charge < -0.3 is 10.6 Å². The Morgan fingerprint density at radius 3 is 2.33 bits per heavy atom. The van der Waals surface area contributed by atoms with Gasteiger partial charge in [0.15, 0.2) is 0 Å². The van der Waals surface area contributed by atoms with E-state index in [1.165, 1.54) is 31.4 Å². The van der Waals surface area contributed by atoms with Crippen LogP contribution in [0.25, 0.3) is 0 Å². The third-order valence-corrected chi connectivity index (χ3v) is 5.28. The van der Waals surface area contributed by atoms with Gasteiger partial charge in [-0.3, -0.25) is 4.90 Å². The van der Waals surface area contributed by atoms with E-state index in [9.17, 15) is 0 Å². The van der Waals surface area contributed by atoms with E-state index in [2.05, 4.69) is 40.6 Å². The maximum atomic E-state index is 6.01. The van der Waals surface area contributed by atoms with Gasteiger partial charge in [0, 0.05) is 50.2 Å². The Morgan fingerprint density at radius 1 is 1.00 bits per heavy atom. The Labute approximate surface area is 170 Å². The van der Waals surface area contributed by atoms with E-state index in [-0.39, 0.29) is 43.3 Å². The van der Waals surface area contributed by atoms with Gasteiger partial charge in [-0.25, -0.2) is 0 Å². The fourth-order valence-corrected chi connectivity index (χ4v) is 3.73. The van der Waals surface area contributed by atoms with E-state index in [1.807, 2.05) is 0 Å². The highest BCUT2D eigenvalue weighted by atomic mass is 35.5. The molecule has 140 valence electrons. The first kappa shape index (κ1) is 24.2. The summed E-state index contributed by atoms with van der Waals surface area (Å²) >= 11 is 4.28. The van der Waals surface area contributed by atoms with Crippen LogP contribution in [0.2, 0.25) is 0 Å². The maximum Gasteiger partial charge on any atom is 0.0402 e. The Hall–Kier alpha value is 0.160. The van der Waals surface area contributed by atoms with E-state index < -0.39 is 0 Å². The topological polar surface area (TPSA) is 32.5 Å². The van der Waals surface area contributed by atoms with Gasteiger partial charge in [-0.05, 0) is 42.9 Å². The minimum atomic E-state index is 0. The molecule has 1 aromatic carbocycles. The van der Waals surface area contributed by atoms with E-state index in [1.54, 1.807) is 11.1 Å². The fourth-order valence-electron chi connectivity index (χ4n) is 3.62. The van der Waals surface area contributed by atoms with E-state index in [0.717, 1.165) is 38.5 Å². The molecule has 1 saturated heterocycles. The van der Waals surface area contributed by atoms with E-state index in [0.29, 0.717) is 0 Å². The molecule has 1 fully saturated rings. The summed E-state index contributed by atoms with van der Waals surface area (Å²) in [5.41, 5.74) is 10.7. The normalized spacial score (nSPS) is 18.5. The van der Waals surface area contributed by atoms with Crippen LogP contribution in [-0.4, -0.2) is 49.4 Å². The summed E-state index contributed by atoms with van der Waals surface area (Å²) in [5, 5.41) is 0. The molecule has 0 radical (unpaired) electrons. The molecule has 1 aliphatic carbocycles. The van der Waals surface area contributed by atoms with Gasteiger partial charge in [-0.2, -0.15) is 12.6 Å². The van der Waals surface area contributed by atoms with Gasteiger partial charge in [0.25, 0.3) is 0 Å². The van der Waals surface area contributed by atoms with Crippen molar-refractivity contribution in [2.45, 2.75) is 31.7 Å². The summed E-state index contributed by atoms with van der Waals surface area (Å²) in [5.74, 6) is 0.770. The number of fused-ring (bicyclic) bond motifs is 1. The molecule has 3 nitrogen and oxygen atoms in total. The van der Waals surface area contributed by atoms with Crippen LogP contribution in [0.5, 0.6) is 0 Å². The molecule has 0 bridgehead atoms. The third kappa shape index (κ3) is 5.86. The molecule has 2 aliphatic rings. The van der Waals surface area contributed by atoms with Crippen molar-refractivity contribution in [3.63, 3.8) is 0 Å². The van der Waals surface area contributed by atoms with E-state index >= 15 is 0 Å². The number of hydrogen-bond donors (Lipinski definition) is 2. The number of aryl methyl sites for hydroxylation is 1. The summed E-state index contributed by atoms with van der Waals surface area (Å²) in [4.78, 5) is 5.06. The molecule has 2 N–H and O–H groups in total. The van der Waals surface area contributed by atoms with Crippen molar-refractivity contribution in [3.05, 3.63) is 29.3 Å². The molecule has 1 aromatic rings. The minimum absolute atomic E-state index is 0. The highest BCUT2D eigenvalue weighted by molar-refractivity contribution is 7.80. The molecule has 7 heteroatoms. The van der Waals surface area contributed by atoms with Gasteiger partial charge in [-0.15, -0.1) is 37.2 Å². The quantitative estimate of drug-likeness (QED) is 0.742. The summed E-state index contributed by atoms with van der Waals surface area (Å²) in [7, 11) is 0. The van der Waals surface area contributed by atoms with Gasteiger partial charge in [-0.1, -0.05) is 12.1 Å². The van der Waals surface area contributed by atoms with Crippen molar-refractivity contribution in [1.82, 2.24) is 4.90 Å². The second kappa shape index (κ2) is 11.7. The van der Waals surface area contributed by atoms with Gasteiger partial charge in [0.05, 0.1) is 0 Å². The monoisotopic (exact) mass is 413 g/mol. The standard InChI is InChI=1S/C17H27N3S.3ClH/c18-15(13-21)12-19-8-10-20(11-9-19)17-7-3-5-14-4-1-2-6-16(14)17;;;/h3,5,7,15,21H,1-2,4,6,8-13,18H2;3*1H/t15-;;;/m1.../s1. The van der Waals surface area contributed by atoms with Crippen molar-refractivity contribution in [2.24, 2.45) is 5.73 Å². The van der Waals surface area contributed by atoms with Crippen molar-refractivity contribution >= 4 is 55.5 Å². The number of rotatable bonds is 4. The number of piperazine rings is 1. The van der Waals surface area contributed by atoms with Crippen LogP contribution in [0.15, 0.2) is 18.2 Å². The molecule has 1 heterocycles. The second-order valence-corrected chi connectivity index (χ2v) is 6.72. The average Bonchev–Trinajstić information content (AvgIpc) is 2.55. The van der Waals surface area contributed by atoms with Crippen LogP contribution >= 0.6 is 49.8 Å². The first-order valence-electron chi connectivity index (χ1n) is 8.22. The lowest BCUT2D eigenvalue weighted by atomic mass is 9.90. The molecule has 24 heavy (non-hydrogen) atoms. The number of nitrogens with two attached hydrogens (primary N) is 1. The SMILES string of the molecule is Cl.Cl.Cl.N[C@@H](CS)CN1CCN(c2cccc3c2CCCC3)CC1. The zero-order valence-corrected chi connectivity index (χ0v) is 17.4. The Kier molecular flexibility index (Phi) is 11.8. The molecular formula is C17H30Cl3N3S. The number of benzene rings is 1. The highest BCUT2D eigenvalue weighted by Gasteiger charge is 2.22. The summed E-state index contributed by atoms with van der Waals surface area (Å²) in [6, 6.07) is 7.08. The molecular weight excluding hydrogens is 385 g/mol. The van der Waals surface area contributed by atoms with Crippen LogP contribution in [0.4, 0.5) is 5.69 Å². The summed E-state index contributed by atoms with van der Waals surface area (Å²) in [6.07, 6.45) is 5.23. The zero-order chi connectivity index (χ0) is 14.7. The number of nitrogens with zero attached hydrogens (tertiary/aromatic N) is 2. The fraction of sp³-hybridized carbons (Fsp3) is 0.647. The molecule has 1 atom stereocenters.